The minimum Gasteiger partial charge on any atom is -0.493 e. The fourth-order valence-corrected chi connectivity index (χ4v) is 2.27. The maximum absolute atomic E-state index is 11.9. The van der Waals surface area contributed by atoms with Gasteiger partial charge in [0.1, 0.15) is 5.88 Å². The second-order valence-electron chi connectivity index (χ2n) is 4.18. The number of amides is 1. The minimum absolute atomic E-state index is 0.0316. The first-order valence-electron chi connectivity index (χ1n) is 5.75. The molecule has 1 N–H and O–H groups in total. The Balaban J connectivity index is 2.40. The van der Waals surface area contributed by atoms with E-state index in [0.717, 1.165) is 5.56 Å². The van der Waals surface area contributed by atoms with Crippen molar-refractivity contribution in [1.82, 2.24) is 5.32 Å². The zero-order valence-electron chi connectivity index (χ0n) is 10.7. The van der Waals surface area contributed by atoms with Crippen molar-refractivity contribution in [3.05, 3.63) is 23.3 Å². The molecular formula is C13H14ClNO4. The van der Waals surface area contributed by atoms with E-state index >= 15 is 0 Å². The molecule has 0 saturated heterocycles. The van der Waals surface area contributed by atoms with E-state index in [-0.39, 0.29) is 30.0 Å². The van der Waals surface area contributed by atoms with Gasteiger partial charge in [-0.15, -0.1) is 11.6 Å². The van der Waals surface area contributed by atoms with Crippen molar-refractivity contribution in [1.29, 1.82) is 0 Å². The Kier molecular flexibility index (Phi) is 3.95. The van der Waals surface area contributed by atoms with E-state index in [2.05, 4.69) is 5.32 Å². The van der Waals surface area contributed by atoms with Crippen molar-refractivity contribution >= 4 is 23.3 Å². The number of rotatable bonds is 4. The van der Waals surface area contributed by atoms with E-state index in [0.29, 0.717) is 17.1 Å². The first kappa shape index (κ1) is 13.7. The summed E-state index contributed by atoms with van der Waals surface area (Å²) in [4.78, 5) is 23.3. The Morgan fingerprint density at radius 3 is 2.58 bits per heavy atom. The van der Waals surface area contributed by atoms with Crippen LogP contribution < -0.4 is 14.8 Å². The average molecular weight is 284 g/mol. The molecule has 2 rings (SSSR count). The molecule has 1 aromatic rings. The van der Waals surface area contributed by atoms with Crippen LogP contribution in [0.4, 0.5) is 0 Å². The van der Waals surface area contributed by atoms with Gasteiger partial charge in [-0.25, -0.2) is 0 Å². The van der Waals surface area contributed by atoms with Gasteiger partial charge in [0.25, 0.3) is 0 Å². The summed E-state index contributed by atoms with van der Waals surface area (Å²) in [6.07, 6.45) is 0.230. The smallest absolute Gasteiger partial charge is 0.235 e. The molecule has 0 aliphatic heterocycles. The van der Waals surface area contributed by atoms with Crippen LogP contribution >= 0.6 is 11.6 Å². The fourth-order valence-electron chi connectivity index (χ4n) is 2.19. The number of Topliss-reactive ketones (excluding diaryl/α,β-unsaturated/α-hetero) is 1. The molecule has 0 aromatic heterocycles. The van der Waals surface area contributed by atoms with Crippen molar-refractivity contribution < 1.29 is 19.1 Å². The van der Waals surface area contributed by atoms with Gasteiger partial charge in [0.05, 0.1) is 20.3 Å². The van der Waals surface area contributed by atoms with Gasteiger partial charge in [0, 0.05) is 12.0 Å². The molecule has 0 heterocycles. The normalized spacial score (nSPS) is 17.0. The van der Waals surface area contributed by atoms with Gasteiger partial charge in [-0.1, -0.05) is 0 Å². The predicted octanol–water partition coefficient (Wildman–Crippen LogP) is 1.69. The topological polar surface area (TPSA) is 64.6 Å². The molecule has 5 nitrogen and oxygen atoms in total. The van der Waals surface area contributed by atoms with Gasteiger partial charge in [0.15, 0.2) is 17.3 Å². The molecule has 102 valence electrons. The van der Waals surface area contributed by atoms with Gasteiger partial charge < -0.3 is 14.8 Å². The van der Waals surface area contributed by atoms with E-state index < -0.39 is 0 Å². The highest BCUT2D eigenvalue weighted by Gasteiger charge is 2.32. The van der Waals surface area contributed by atoms with Crippen molar-refractivity contribution in [3.63, 3.8) is 0 Å². The molecule has 1 aliphatic carbocycles. The highest BCUT2D eigenvalue weighted by atomic mass is 35.5. The Hall–Kier alpha value is -1.75. The molecule has 6 heteroatoms. The van der Waals surface area contributed by atoms with E-state index in [4.69, 9.17) is 21.1 Å². The number of ether oxygens (including phenoxy) is 2. The van der Waals surface area contributed by atoms with Crippen LogP contribution in [0.2, 0.25) is 0 Å². The van der Waals surface area contributed by atoms with Crippen molar-refractivity contribution in [2.75, 3.05) is 20.1 Å². The lowest BCUT2D eigenvalue weighted by Crippen LogP contribution is -2.28. The number of benzene rings is 1. The van der Waals surface area contributed by atoms with E-state index in [9.17, 15) is 9.59 Å². The molecule has 0 saturated carbocycles. The fraction of sp³-hybridized carbons (Fsp3) is 0.385. The summed E-state index contributed by atoms with van der Waals surface area (Å²) in [6.45, 7) is 0. The van der Waals surface area contributed by atoms with Crippen molar-refractivity contribution in [2.24, 2.45) is 0 Å². The molecule has 0 spiro atoms. The van der Waals surface area contributed by atoms with Crippen LogP contribution in [-0.4, -0.2) is 31.8 Å². The molecule has 0 bridgehead atoms. The van der Waals surface area contributed by atoms with Gasteiger partial charge in [-0.05, 0) is 17.7 Å². The van der Waals surface area contributed by atoms with Crippen LogP contribution in [0.3, 0.4) is 0 Å². The molecule has 1 amide bonds. The number of fused-ring (bicyclic) bond motifs is 1. The lowest BCUT2D eigenvalue weighted by molar-refractivity contribution is -0.119. The van der Waals surface area contributed by atoms with Gasteiger partial charge in [0.2, 0.25) is 5.91 Å². The summed E-state index contributed by atoms with van der Waals surface area (Å²) in [5.41, 5.74) is 1.29. The van der Waals surface area contributed by atoms with Gasteiger partial charge in [-0.3, -0.25) is 9.59 Å². The molecule has 1 atom stereocenters. The summed E-state index contributed by atoms with van der Waals surface area (Å²) in [7, 11) is 3.03. The number of carbonyl (C=O) groups is 2. The van der Waals surface area contributed by atoms with Crippen LogP contribution in [0.5, 0.6) is 11.5 Å². The Morgan fingerprint density at radius 2 is 2.00 bits per heavy atom. The Morgan fingerprint density at radius 1 is 1.37 bits per heavy atom. The maximum Gasteiger partial charge on any atom is 0.235 e. The number of methoxy groups -OCH3 is 2. The van der Waals surface area contributed by atoms with Crippen LogP contribution in [0.25, 0.3) is 0 Å². The first-order chi connectivity index (χ1) is 9.10. The molecule has 1 unspecified atom stereocenters. The van der Waals surface area contributed by atoms with Crippen LogP contribution in [-0.2, 0) is 4.79 Å². The number of ketones is 1. The van der Waals surface area contributed by atoms with Crippen molar-refractivity contribution in [3.8, 4) is 11.5 Å². The quantitative estimate of drug-likeness (QED) is 0.854. The van der Waals surface area contributed by atoms with Gasteiger partial charge >= 0.3 is 0 Å². The third kappa shape index (κ3) is 2.51. The highest BCUT2D eigenvalue weighted by molar-refractivity contribution is 6.27. The summed E-state index contributed by atoms with van der Waals surface area (Å²) in [5.74, 6) is 0.561. The SMILES string of the molecule is COc1cc2c(cc1OC)C(NC(=O)CCl)CC2=O. The third-order valence-electron chi connectivity index (χ3n) is 3.08. The standard InChI is InChI=1S/C13H14ClNO4/c1-18-11-3-7-8(4-12(11)19-2)10(16)5-9(7)15-13(17)6-14/h3-4,9H,5-6H2,1-2H3,(H,15,17). The minimum atomic E-state index is -0.353. The number of alkyl halides is 1. The Labute approximate surface area is 115 Å². The Bertz CT molecular complexity index is 530. The molecule has 19 heavy (non-hydrogen) atoms. The van der Waals surface area contributed by atoms with Crippen molar-refractivity contribution in [2.45, 2.75) is 12.5 Å². The molecule has 0 radical (unpaired) electrons. The maximum atomic E-state index is 11.9. The number of halogens is 1. The highest BCUT2D eigenvalue weighted by Crippen LogP contribution is 2.39. The number of carbonyl (C=O) groups excluding carboxylic acids is 2. The molecule has 1 aromatic carbocycles. The summed E-state index contributed by atoms with van der Waals surface area (Å²) in [6, 6.07) is 3.01. The second kappa shape index (κ2) is 5.48. The lowest BCUT2D eigenvalue weighted by atomic mass is 10.1. The largest absolute Gasteiger partial charge is 0.493 e. The van der Waals surface area contributed by atoms with Crippen LogP contribution in [0.1, 0.15) is 28.4 Å². The van der Waals surface area contributed by atoms with Gasteiger partial charge in [-0.2, -0.15) is 0 Å². The zero-order chi connectivity index (χ0) is 14.0. The van der Waals surface area contributed by atoms with E-state index in [1.807, 2.05) is 0 Å². The third-order valence-corrected chi connectivity index (χ3v) is 3.32. The number of hydrogen-bond donors (Lipinski definition) is 1. The summed E-state index contributed by atoms with van der Waals surface area (Å²) < 4.78 is 10.4. The molecule has 1 aliphatic rings. The van der Waals surface area contributed by atoms with Crippen LogP contribution in [0.15, 0.2) is 12.1 Å². The summed E-state index contributed by atoms with van der Waals surface area (Å²) >= 11 is 5.46. The first-order valence-corrected chi connectivity index (χ1v) is 6.28. The number of nitrogens with one attached hydrogen (secondary N) is 1. The van der Waals surface area contributed by atoms with E-state index in [1.54, 1.807) is 12.1 Å². The van der Waals surface area contributed by atoms with Crippen LogP contribution in [0, 0.1) is 0 Å². The monoisotopic (exact) mass is 283 g/mol. The predicted molar refractivity (Wildman–Crippen MR) is 70.1 cm³/mol. The number of hydrogen-bond acceptors (Lipinski definition) is 4. The molecule has 0 fully saturated rings. The zero-order valence-corrected chi connectivity index (χ0v) is 11.4. The summed E-state index contributed by atoms with van der Waals surface area (Å²) in [5, 5.41) is 2.72. The van der Waals surface area contributed by atoms with E-state index in [1.165, 1.54) is 14.2 Å². The second-order valence-corrected chi connectivity index (χ2v) is 4.44. The lowest BCUT2D eigenvalue weighted by Gasteiger charge is -2.14. The molecular weight excluding hydrogens is 270 g/mol. The average Bonchev–Trinajstić information content (AvgIpc) is 2.73.